The molecular weight excluding hydrogens is 164 g/mol. The Labute approximate surface area is 73.1 Å². The van der Waals surface area contributed by atoms with Crippen molar-refractivity contribution in [3.05, 3.63) is 11.5 Å². The SMILES string of the molecule is CCCOC=C(Cl)OCCC. The Hall–Kier alpha value is -0.370. The zero-order valence-electron chi connectivity index (χ0n) is 7.10. The summed E-state index contributed by atoms with van der Waals surface area (Å²) < 4.78 is 10.1. The maximum Gasteiger partial charge on any atom is 0.222 e. The molecule has 0 aliphatic carbocycles. The minimum atomic E-state index is 0.334. The molecule has 0 unspecified atom stereocenters. The van der Waals surface area contributed by atoms with E-state index >= 15 is 0 Å². The highest BCUT2D eigenvalue weighted by molar-refractivity contribution is 6.28. The van der Waals surface area contributed by atoms with Crippen molar-refractivity contribution >= 4 is 11.6 Å². The Morgan fingerprint density at radius 1 is 1.27 bits per heavy atom. The second-order valence-electron chi connectivity index (χ2n) is 2.14. The summed E-state index contributed by atoms with van der Waals surface area (Å²) in [6.45, 7) is 5.39. The van der Waals surface area contributed by atoms with Crippen LogP contribution in [0.15, 0.2) is 11.5 Å². The van der Waals surface area contributed by atoms with E-state index in [9.17, 15) is 0 Å². The summed E-state index contributed by atoms with van der Waals surface area (Å²) in [4.78, 5) is 0. The third kappa shape index (κ3) is 7.53. The van der Waals surface area contributed by atoms with Crippen molar-refractivity contribution in [1.82, 2.24) is 0 Å². The van der Waals surface area contributed by atoms with Gasteiger partial charge in [0, 0.05) is 0 Å². The molecule has 0 fully saturated rings. The van der Waals surface area contributed by atoms with Crippen molar-refractivity contribution in [2.45, 2.75) is 26.7 Å². The van der Waals surface area contributed by atoms with E-state index in [4.69, 9.17) is 21.1 Å². The van der Waals surface area contributed by atoms with E-state index in [1.807, 2.05) is 13.8 Å². The van der Waals surface area contributed by atoms with Gasteiger partial charge in [-0.1, -0.05) is 13.8 Å². The smallest absolute Gasteiger partial charge is 0.222 e. The first-order valence-corrected chi connectivity index (χ1v) is 4.29. The lowest BCUT2D eigenvalue weighted by Crippen LogP contribution is -1.90. The molecule has 0 aromatic rings. The predicted octanol–water partition coefficient (Wildman–Crippen LogP) is 2.88. The Morgan fingerprint density at radius 2 is 1.91 bits per heavy atom. The van der Waals surface area contributed by atoms with Crippen LogP contribution < -0.4 is 0 Å². The summed E-state index contributed by atoms with van der Waals surface area (Å²) in [5.74, 6) is 0. The Morgan fingerprint density at radius 3 is 2.45 bits per heavy atom. The van der Waals surface area contributed by atoms with Crippen LogP contribution in [-0.2, 0) is 9.47 Å². The van der Waals surface area contributed by atoms with Crippen LogP contribution in [0.25, 0.3) is 0 Å². The molecule has 3 heteroatoms. The summed E-state index contributed by atoms with van der Waals surface area (Å²) in [5.41, 5.74) is 0. The van der Waals surface area contributed by atoms with E-state index in [1.54, 1.807) is 0 Å². The van der Waals surface area contributed by atoms with Gasteiger partial charge in [-0.2, -0.15) is 0 Å². The quantitative estimate of drug-likeness (QED) is 0.460. The molecule has 0 aliphatic rings. The van der Waals surface area contributed by atoms with Crippen LogP contribution in [0.4, 0.5) is 0 Å². The van der Waals surface area contributed by atoms with Crippen LogP contribution in [0.1, 0.15) is 26.7 Å². The lowest BCUT2D eigenvalue weighted by Gasteiger charge is -2.01. The van der Waals surface area contributed by atoms with Crippen molar-refractivity contribution in [1.29, 1.82) is 0 Å². The summed E-state index contributed by atoms with van der Waals surface area (Å²) in [7, 11) is 0. The fourth-order valence-electron chi connectivity index (χ4n) is 0.476. The molecular formula is C8H15ClO2. The number of rotatable bonds is 6. The van der Waals surface area contributed by atoms with Crippen LogP contribution in [0, 0.1) is 0 Å². The van der Waals surface area contributed by atoms with E-state index in [0.717, 1.165) is 12.8 Å². The lowest BCUT2D eigenvalue weighted by atomic mass is 10.5. The summed E-state index contributed by atoms with van der Waals surface area (Å²) >= 11 is 5.61. The van der Waals surface area contributed by atoms with Crippen LogP contribution in [-0.4, -0.2) is 13.2 Å². The number of hydrogen-bond donors (Lipinski definition) is 0. The highest BCUT2D eigenvalue weighted by Gasteiger charge is 1.90. The second kappa shape index (κ2) is 7.73. The number of hydrogen-bond acceptors (Lipinski definition) is 2. The van der Waals surface area contributed by atoms with Crippen LogP contribution in [0.5, 0.6) is 0 Å². The van der Waals surface area contributed by atoms with Gasteiger partial charge >= 0.3 is 0 Å². The van der Waals surface area contributed by atoms with E-state index in [1.165, 1.54) is 6.26 Å². The molecule has 0 aliphatic heterocycles. The van der Waals surface area contributed by atoms with Gasteiger partial charge in [-0.15, -0.1) is 0 Å². The molecule has 66 valence electrons. The Kier molecular flexibility index (Phi) is 7.47. The topological polar surface area (TPSA) is 18.5 Å². The largest absolute Gasteiger partial charge is 0.496 e. The molecule has 0 aromatic carbocycles. The van der Waals surface area contributed by atoms with E-state index in [-0.39, 0.29) is 0 Å². The number of ether oxygens (including phenoxy) is 2. The average molecular weight is 179 g/mol. The summed E-state index contributed by atoms with van der Waals surface area (Å²) in [6.07, 6.45) is 3.38. The highest BCUT2D eigenvalue weighted by Crippen LogP contribution is 2.03. The maximum absolute atomic E-state index is 5.61. The maximum atomic E-state index is 5.61. The molecule has 0 bridgehead atoms. The standard InChI is InChI=1S/C8H15ClO2/c1-3-5-10-7-8(9)11-6-4-2/h7H,3-6H2,1-2H3. The number of halogens is 1. The zero-order valence-corrected chi connectivity index (χ0v) is 7.86. The van der Waals surface area contributed by atoms with Crippen molar-refractivity contribution in [2.24, 2.45) is 0 Å². The van der Waals surface area contributed by atoms with Gasteiger partial charge in [0.25, 0.3) is 0 Å². The fourth-order valence-corrected chi connectivity index (χ4v) is 0.616. The van der Waals surface area contributed by atoms with Crippen LogP contribution in [0.3, 0.4) is 0 Å². The van der Waals surface area contributed by atoms with Gasteiger partial charge in [0.15, 0.2) is 0 Å². The lowest BCUT2D eigenvalue weighted by molar-refractivity contribution is 0.195. The third-order valence-electron chi connectivity index (χ3n) is 0.942. The molecule has 2 nitrogen and oxygen atoms in total. The molecule has 0 rings (SSSR count). The third-order valence-corrected chi connectivity index (χ3v) is 1.14. The zero-order chi connectivity index (χ0) is 8.53. The molecule has 0 spiro atoms. The first-order chi connectivity index (χ1) is 5.31. The van der Waals surface area contributed by atoms with Gasteiger partial charge in [-0.25, -0.2) is 0 Å². The molecule has 0 saturated carbocycles. The van der Waals surface area contributed by atoms with E-state index in [2.05, 4.69) is 0 Å². The van der Waals surface area contributed by atoms with E-state index < -0.39 is 0 Å². The minimum absolute atomic E-state index is 0.334. The van der Waals surface area contributed by atoms with Gasteiger partial charge in [-0.05, 0) is 24.4 Å². The van der Waals surface area contributed by atoms with Crippen LogP contribution >= 0.6 is 11.6 Å². The van der Waals surface area contributed by atoms with Gasteiger partial charge in [0.05, 0.1) is 13.2 Å². The Balaban J connectivity index is 3.30. The fraction of sp³-hybridized carbons (Fsp3) is 0.750. The monoisotopic (exact) mass is 178 g/mol. The molecule has 0 amide bonds. The molecule has 0 aromatic heterocycles. The highest BCUT2D eigenvalue weighted by atomic mass is 35.5. The van der Waals surface area contributed by atoms with Crippen molar-refractivity contribution in [2.75, 3.05) is 13.2 Å². The molecule has 0 atom stereocenters. The average Bonchev–Trinajstić information content (AvgIpc) is 2.01. The van der Waals surface area contributed by atoms with Crippen molar-refractivity contribution < 1.29 is 9.47 Å². The second-order valence-corrected chi connectivity index (χ2v) is 2.51. The van der Waals surface area contributed by atoms with Crippen LogP contribution in [0.2, 0.25) is 0 Å². The first-order valence-electron chi connectivity index (χ1n) is 3.91. The van der Waals surface area contributed by atoms with Gasteiger partial charge in [0.1, 0.15) is 6.26 Å². The molecule has 11 heavy (non-hydrogen) atoms. The first kappa shape index (κ1) is 10.6. The minimum Gasteiger partial charge on any atom is -0.496 e. The summed E-state index contributed by atoms with van der Waals surface area (Å²) in [6, 6.07) is 0. The Bertz CT molecular complexity index is 113. The van der Waals surface area contributed by atoms with Gasteiger partial charge in [-0.3, -0.25) is 0 Å². The molecule has 0 N–H and O–H groups in total. The predicted molar refractivity (Wildman–Crippen MR) is 46.4 cm³/mol. The van der Waals surface area contributed by atoms with Gasteiger partial charge < -0.3 is 9.47 Å². The van der Waals surface area contributed by atoms with Gasteiger partial charge in [0.2, 0.25) is 5.22 Å². The molecule has 0 radical (unpaired) electrons. The molecule has 0 heterocycles. The molecule has 0 saturated heterocycles. The van der Waals surface area contributed by atoms with E-state index in [0.29, 0.717) is 18.4 Å². The van der Waals surface area contributed by atoms with Crippen molar-refractivity contribution in [3.63, 3.8) is 0 Å². The van der Waals surface area contributed by atoms with Crippen molar-refractivity contribution in [3.8, 4) is 0 Å². The summed E-state index contributed by atoms with van der Waals surface area (Å²) in [5, 5.41) is 0.334. The normalized spacial score (nSPS) is 11.4.